The first-order chi connectivity index (χ1) is 8.45. The fourth-order valence-electron chi connectivity index (χ4n) is 1.47. The van der Waals surface area contributed by atoms with E-state index < -0.39 is 0 Å². The highest BCUT2D eigenvalue weighted by molar-refractivity contribution is 7.99. The molecule has 0 fully saturated rings. The molecule has 102 valence electrons. The van der Waals surface area contributed by atoms with Crippen molar-refractivity contribution in [1.29, 1.82) is 0 Å². The van der Waals surface area contributed by atoms with Crippen molar-refractivity contribution in [3.8, 4) is 0 Å². The lowest BCUT2D eigenvalue weighted by Gasteiger charge is -2.17. The number of nitrogens with zero attached hydrogens (tertiary/aromatic N) is 2. The second kappa shape index (κ2) is 7.19. The van der Waals surface area contributed by atoms with E-state index in [1.54, 1.807) is 0 Å². The molecule has 0 aliphatic rings. The van der Waals surface area contributed by atoms with Crippen LogP contribution in [0.5, 0.6) is 0 Å². The lowest BCUT2D eigenvalue weighted by atomic mass is 10.2. The van der Waals surface area contributed by atoms with Crippen LogP contribution in [0.2, 0.25) is 5.15 Å². The van der Waals surface area contributed by atoms with E-state index >= 15 is 0 Å². The van der Waals surface area contributed by atoms with Crippen molar-refractivity contribution in [3.05, 3.63) is 16.5 Å². The summed E-state index contributed by atoms with van der Waals surface area (Å²) in [6.45, 7) is 10.4. The van der Waals surface area contributed by atoms with Crippen molar-refractivity contribution in [3.63, 3.8) is 0 Å². The van der Waals surface area contributed by atoms with Crippen LogP contribution in [0.15, 0.2) is 0 Å². The minimum Gasteiger partial charge on any atom is -0.366 e. The third-order valence-electron chi connectivity index (χ3n) is 2.58. The number of aromatic nitrogens is 2. The van der Waals surface area contributed by atoms with Gasteiger partial charge in [-0.25, -0.2) is 9.97 Å². The smallest absolute Gasteiger partial charge is 0.137 e. The molecule has 0 aliphatic carbocycles. The Morgan fingerprint density at radius 1 is 1.28 bits per heavy atom. The Bertz CT molecular complexity index is 396. The summed E-state index contributed by atoms with van der Waals surface area (Å²) < 4.78 is 0. The number of anilines is 1. The Morgan fingerprint density at radius 2 is 1.94 bits per heavy atom. The molecular formula is C13H22ClN3S. The van der Waals surface area contributed by atoms with Gasteiger partial charge in [0.1, 0.15) is 16.8 Å². The quantitative estimate of drug-likeness (QED) is 0.799. The van der Waals surface area contributed by atoms with Crippen LogP contribution in [-0.2, 0) is 0 Å². The second-order valence-corrected chi connectivity index (χ2v) is 6.38. The maximum atomic E-state index is 6.15. The largest absolute Gasteiger partial charge is 0.366 e. The minimum atomic E-state index is 0.281. The molecule has 3 nitrogen and oxygen atoms in total. The van der Waals surface area contributed by atoms with Crippen molar-refractivity contribution in [2.24, 2.45) is 0 Å². The monoisotopic (exact) mass is 287 g/mol. The van der Waals surface area contributed by atoms with Gasteiger partial charge in [0.2, 0.25) is 0 Å². The van der Waals surface area contributed by atoms with Crippen molar-refractivity contribution in [2.45, 2.75) is 46.6 Å². The molecular weight excluding hydrogens is 266 g/mol. The molecule has 5 heteroatoms. The van der Waals surface area contributed by atoms with Crippen molar-refractivity contribution in [2.75, 3.05) is 16.8 Å². The number of nitrogens with one attached hydrogen (secondary N) is 1. The van der Waals surface area contributed by atoms with Crippen LogP contribution in [0.1, 0.15) is 45.0 Å². The summed E-state index contributed by atoms with van der Waals surface area (Å²) in [6, 6.07) is 0.375. The Balaban J connectivity index is 2.86. The van der Waals surface area contributed by atoms with Gasteiger partial charge in [0.25, 0.3) is 0 Å². The highest BCUT2D eigenvalue weighted by Crippen LogP contribution is 2.23. The first-order valence-electron chi connectivity index (χ1n) is 6.34. The number of thioether (sulfide) groups is 1. The van der Waals surface area contributed by atoms with Crippen LogP contribution in [0.4, 0.5) is 5.82 Å². The Hall–Kier alpha value is -0.480. The number of halogens is 1. The summed E-state index contributed by atoms with van der Waals surface area (Å²) in [6.07, 6.45) is 0. The van der Waals surface area contributed by atoms with E-state index in [4.69, 9.17) is 11.6 Å². The van der Waals surface area contributed by atoms with E-state index in [9.17, 15) is 0 Å². The van der Waals surface area contributed by atoms with Crippen LogP contribution >= 0.6 is 23.4 Å². The number of hydrogen-bond acceptors (Lipinski definition) is 4. The molecule has 1 aromatic heterocycles. The SMILES string of the molecule is CCSCC(C)Nc1nc(C(C)C)nc(Cl)c1C. The molecule has 1 aromatic rings. The average molecular weight is 288 g/mol. The van der Waals surface area contributed by atoms with Crippen LogP contribution in [0.25, 0.3) is 0 Å². The fraction of sp³-hybridized carbons (Fsp3) is 0.692. The molecule has 1 N–H and O–H groups in total. The zero-order valence-corrected chi connectivity index (χ0v) is 13.3. The first kappa shape index (κ1) is 15.6. The Labute approximate surface area is 119 Å². The third-order valence-corrected chi connectivity index (χ3v) is 4.09. The van der Waals surface area contributed by atoms with Crippen molar-refractivity contribution in [1.82, 2.24) is 9.97 Å². The fourth-order valence-corrected chi connectivity index (χ4v) is 2.32. The van der Waals surface area contributed by atoms with E-state index in [-0.39, 0.29) is 5.92 Å². The first-order valence-corrected chi connectivity index (χ1v) is 7.87. The Morgan fingerprint density at radius 3 is 2.50 bits per heavy atom. The molecule has 0 saturated heterocycles. The zero-order chi connectivity index (χ0) is 13.7. The van der Waals surface area contributed by atoms with Crippen molar-refractivity contribution < 1.29 is 0 Å². The summed E-state index contributed by atoms with van der Waals surface area (Å²) in [7, 11) is 0. The summed E-state index contributed by atoms with van der Waals surface area (Å²) in [5.74, 6) is 4.14. The lowest BCUT2D eigenvalue weighted by molar-refractivity contribution is 0.767. The third kappa shape index (κ3) is 4.32. The molecule has 1 unspecified atom stereocenters. The summed E-state index contributed by atoms with van der Waals surface area (Å²) >= 11 is 8.07. The summed E-state index contributed by atoms with van der Waals surface area (Å²) in [4.78, 5) is 8.88. The average Bonchev–Trinajstić information content (AvgIpc) is 2.31. The molecule has 0 bridgehead atoms. The molecule has 0 amide bonds. The number of rotatable bonds is 6. The van der Waals surface area contributed by atoms with Gasteiger partial charge < -0.3 is 5.32 Å². The van der Waals surface area contributed by atoms with E-state index in [1.165, 1.54) is 0 Å². The molecule has 1 atom stereocenters. The molecule has 0 spiro atoms. The number of hydrogen-bond donors (Lipinski definition) is 1. The van der Waals surface area contributed by atoms with Gasteiger partial charge in [-0.15, -0.1) is 0 Å². The van der Waals surface area contributed by atoms with Gasteiger partial charge in [-0.3, -0.25) is 0 Å². The van der Waals surface area contributed by atoms with E-state index in [1.807, 2.05) is 18.7 Å². The van der Waals surface area contributed by atoms with Gasteiger partial charge in [-0.1, -0.05) is 32.4 Å². The standard InChI is InChI=1S/C13H22ClN3S/c1-6-18-7-9(4)15-13-10(5)11(14)16-12(17-13)8(2)3/h8-9H,6-7H2,1-5H3,(H,15,16,17). The molecule has 0 radical (unpaired) electrons. The molecule has 0 aliphatic heterocycles. The molecule has 1 rings (SSSR count). The zero-order valence-electron chi connectivity index (χ0n) is 11.7. The molecule has 1 heterocycles. The van der Waals surface area contributed by atoms with Crippen molar-refractivity contribution >= 4 is 29.2 Å². The maximum absolute atomic E-state index is 6.15. The normalized spacial score (nSPS) is 12.8. The van der Waals surface area contributed by atoms with Gasteiger partial charge in [0.05, 0.1) is 0 Å². The highest BCUT2D eigenvalue weighted by atomic mass is 35.5. The van der Waals surface area contributed by atoms with Crippen LogP contribution in [0, 0.1) is 6.92 Å². The van der Waals surface area contributed by atoms with Gasteiger partial charge in [-0.05, 0) is 19.6 Å². The summed E-state index contributed by atoms with van der Waals surface area (Å²) in [5.41, 5.74) is 0.925. The van der Waals surface area contributed by atoms with Crippen LogP contribution in [0.3, 0.4) is 0 Å². The van der Waals surface area contributed by atoms with Gasteiger partial charge >= 0.3 is 0 Å². The molecule has 0 saturated carbocycles. The van der Waals surface area contributed by atoms with E-state index in [0.717, 1.165) is 28.7 Å². The van der Waals surface area contributed by atoms with Gasteiger partial charge in [0.15, 0.2) is 0 Å². The highest BCUT2D eigenvalue weighted by Gasteiger charge is 2.13. The van der Waals surface area contributed by atoms with Crippen LogP contribution < -0.4 is 5.32 Å². The molecule has 18 heavy (non-hydrogen) atoms. The van der Waals surface area contributed by atoms with E-state index in [0.29, 0.717) is 11.2 Å². The predicted molar refractivity (Wildman–Crippen MR) is 82.0 cm³/mol. The van der Waals surface area contributed by atoms with Gasteiger partial charge in [-0.2, -0.15) is 11.8 Å². The Kier molecular flexibility index (Phi) is 6.22. The van der Waals surface area contributed by atoms with Gasteiger partial charge in [0, 0.05) is 23.3 Å². The van der Waals surface area contributed by atoms with Crippen LogP contribution in [-0.4, -0.2) is 27.5 Å². The maximum Gasteiger partial charge on any atom is 0.137 e. The van der Waals surface area contributed by atoms with E-state index in [2.05, 4.69) is 43.0 Å². The second-order valence-electron chi connectivity index (χ2n) is 4.71. The predicted octanol–water partition coefficient (Wildman–Crippen LogP) is 4.12. The lowest BCUT2D eigenvalue weighted by Crippen LogP contribution is -2.20. The minimum absolute atomic E-state index is 0.281. The molecule has 0 aromatic carbocycles. The topological polar surface area (TPSA) is 37.8 Å². The summed E-state index contributed by atoms with van der Waals surface area (Å²) in [5, 5.41) is 3.97.